The van der Waals surface area contributed by atoms with Crippen LogP contribution in [0, 0.1) is 11.8 Å². The molecule has 178 valence electrons. The Kier molecular flexibility index (Phi) is 7.72. The van der Waals surface area contributed by atoms with E-state index in [1.54, 1.807) is 4.90 Å². The Morgan fingerprint density at radius 2 is 1.41 bits per heavy atom. The number of fused-ring (bicyclic) bond motifs is 1. The molecule has 0 N–H and O–H groups in total. The van der Waals surface area contributed by atoms with Gasteiger partial charge in [0.25, 0.3) is 5.91 Å². The maximum absolute atomic E-state index is 12.9. The first-order valence-corrected chi connectivity index (χ1v) is 11.9. The number of ether oxygens (including phenoxy) is 1. The number of esters is 1. The van der Waals surface area contributed by atoms with Crippen molar-refractivity contribution in [1.29, 1.82) is 0 Å². The Hall–Kier alpha value is -3.48. The van der Waals surface area contributed by atoms with E-state index in [0.29, 0.717) is 32.4 Å². The fourth-order valence-corrected chi connectivity index (χ4v) is 4.80. The van der Waals surface area contributed by atoms with Crippen LogP contribution in [0.15, 0.2) is 60.7 Å². The fourth-order valence-electron chi connectivity index (χ4n) is 4.80. The van der Waals surface area contributed by atoms with Crippen molar-refractivity contribution in [3.8, 4) is 0 Å². The fraction of sp³-hybridized carbons (Fsp3) is 0.407. The number of imide groups is 1. The van der Waals surface area contributed by atoms with Crippen LogP contribution in [0.4, 0.5) is 0 Å². The first-order valence-electron chi connectivity index (χ1n) is 11.9. The van der Waals surface area contributed by atoms with Gasteiger partial charge in [0.15, 0.2) is 6.61 Å². The van der Waals surface area contributed by atoms with Crippen LogP contribution in [0.2, 0.25) is 0 Å². The van der Waals surface area contributed by atoms with E-state index in [4.69, 9.17) is 4.74 Å². The summed E-state index contributed by atoms with van der Waals surface area (Å²) in [7, 11) is 0. The summed E-state index contributed by atoms with van der Waals surface area (Å²) in [5.74, 6) is -2.25. The highest BCUT2D eigenvalue weighted by atomic mass is 16.5. The molecule has 1 saturated heterocycles. The highest BCUT2D eigenvalue weighted by molar-refractivity contribution is 6.07. The second kappa shape index (κ2) is 11.1. The molecule has 34 heavy (non-hydrogen) atoms. The second-order valence-corrected chi connectivity index (χ2v) is 8.96. The third-order valence-electron chi connectivity index (χ3n) is 6.66. The molecular weight excluding hydrogens is 432 g/mol. The quantitative estimate of drug-likeness (QED) is 0.423. The molecule has 3 amide bonds. The normalized spacial score (nSPS) is 19.6. The van der Waals surface area contributed by atoms with Gasteiger partial charge in [0.1, 0.15) is 6.54 Å². The first-order chi connectivity index (χ1) is 16.5. The van der Waals surface area contributed by atoms with Gasteiger partial charge in [0.2, 0.25) is 11.8 Å². The average Bonchev–Trinajstić information content (AvgIpc) is 3.11. The molecule has 7 nitrogen and oxygen atoms in total. The van der Waals surface area contributed by atoms with Crippen LogP contribution in [0.5, 0.6) is 0 Å². The maximum atomic E-state index is 12.9. The zero-order valence-corrected chi connectivity index (χ0v) is 19.2. The van der Waals surface area contributed by atoms with Gasteiger partial charge < -0.3 is 9.64 Å². The van der Waals surface area contributed by atoms with Crippen LogP contribution in [-0.4, -0.2) is 53.2 Å². The number of nitrogens with zero attached hydrogens (tertiary/aromatic N) is 2. The number of carbonyl (C=O) groups is 4. The monoisotopic (exact) mass is 462 g/mol. The van der Waals surface area contributed by atoms with Crippen LogP contribution in [0.25, 0.3) is 0 Å². The summed E-state index contributed by atoms with van der Waals surface area (Å²) in [4.78, 5) is 53.2. The minimum Gasteiger partial charge on any atom is -0.454 e. The van der Waals surface area contributed by atoms with Crippen molar-refractivity contribution in [3.05, 3.63) is 71.8 Å². The lowest BCUT2D eigenvalue weighted by Gasteiger charge is -2.23. The third-order valence-corrected chi connectivity index (χ3v) is 6.66. The zero-order chi connectivity index (χ0) is 23.9. The molecule has 0 spiro atoms. The summed E-state index contributed by atoms with van der Waals surface area (Å²) >= 11 is 0. The Morgan fingerprint density at radius 3 is 2.00 bits per heavy atom. The number of amides is 3. The molecule has 1 saturated carbocycles. The van der Waals surface area contributed by atoms with Crippen molar-refractivity contribution in [1.82, 2.24) is 9.80 Å². The smallest absolute Gasteiger partial charge is 0.326 e. The number of benzene rings is 2. The number of hydrogen-bond acceptors (Lipinski definition) is 5. The van der Waals surface area contributed by atoms with E-state index in [-0.39, 0.29) is 29.6 Å². The molecule has 2 aromatic carbocycles. The van der Waals surface area contributed by atoms with Crippen LogP contribution in [0.1, 0.15) is 36.8 Å². The molecule has 0 unspecified atom stereocenters. The largest absolute Gasteiger partial charge is 0.454 e. The van der Waals surface area contributed by atoms with Gasteiger partial charge in [0.05, 0.1) is 11.8 Å². The van der Waals surface area contributed by atoms with Crippen molar-refractivity contribution < 1.29 is 23.9 Å². The van der Waals surface area contributed by atoms with Gasteiger partial charge >= 0.3 is 5.97 Å². The zero-order valence-electron chi connectivity index (χ0n) is 19.2. The van der Waals surface area contributed by atoms with E-state index in [0.717, 1.165) is 28.9 Å². The summed E-state index contributed by atoms with van der Waals surface area (Å²) in [5.41, 5.74) is 2.09. The summed E-state index contributed by atoms with van der Waals surface area (Å²) < 4.78 is 5.21. The minimum atomic E-state index is -0.739. The van der Waals surface area contributed by atoms with E-state index in [2.05, 4.69) is 0 Å². The highest BCUT2D eigenvalue weighted by Gasteiger charge is 2.48. The molecule has 4 rings (SSSR count). The maximum Gasteiger partial charge on any atom is 0.326 e. The Balaban J connectivity index is 1.33. The predicted molar refractivity (Wildman–Crippen MR) is 125 cm³/mol. The molecule has 1 aliphatic carbocycles. The summed E-state index contributed by atoms with van der Waals surface area (Å²) in [6.07, 6.45) is 3.90. The van der Waals surface area contributed by atoms with Crippen molar-refractivity contribution in [3.63, 3.8) is 0 Å². The second-order valence-electron chi connectivity index (χ2n) is 8.96. The van der Waals surface area contributed by atoms with Gasteiger partial charge in [-0.05, 0) is 30.4 Å². The molecule has 2 aliphatic rings. The van der Waals surface area contributed by atoms with Gasteiger partial charge in [-0.15, -0.1) is 0 Å². The molecule has 0 aromatic heterocycles. The van der Waals surface area contributed by atoms with Gasteiger partial charge in [0, 0.05) is 13.1 Å². The standard InChI is InChI=1S/C27H30N2O5/c30-24(19-34-25(31)18-29-26(32)22-13-7-8-14-23(22)27(29)33)28(17-21-11-5-2-6-12-21)16-15-20-9-3-1-4-10-20/h1-6,9-12,22-23H,7-8,13-19H2/t22-,23+. The van der Waals surface area contributed by atoms with E-state index >= 15 is 0 Å². The molecule has 1 heterocycles. The number of rotatable bonds is 9. The van der Waals surface area contributed by atoms with Crippen LogP contribution in [-0.2, 0) is 36.9 Å². The number of likely N-dealkylation sites (tertiary alicyclic amines) is 1. The van der Waals surface area contributed by atoms with Crippen LogP contribution < -0.4 is 0 Å². The lowest BCUT2D eigenvalue weighted by Crippen LogP contribution is -2.39. The van der Waals surface area contributed by atoms with E-state index in [1.165, 1.54) is 0 Å². The average molecular weight is 463 g/mol. The molecule has 0 radical (unpaired) electrons. The summed E-state index contributed by atoms with van der Waals surface area (Å²) in [6.45, 7) is 0.0163. The van der Waals surface area contributed by atoms with E-state index in [1.807, 2.05) is 60.7 Å². The molecule has 1 aliphatic heterocycles. The van der Waals surface area contributed by atoms with Gasteiger partial charge in [-0.25, -0.2) is 0 Å². The Morgan fingerprint density at radius 1 is 0.853 bits per heavy atom. The number of carbonyl (C=O) groups excluding carboxylic acids is 4. The molecule has 0 bridgehead atoms. The molecule has 2 atom stereocenters. The summed E-state index contributed by atoms with van der Waals surface area (Å²) in [6, 6.07) is 19.5. The first kappa shape index (κ1) is 23.7. The van der Waals surface area contributed by atoms with Gasteiger partial charge in [-0.1, -0.05) is 73.5 Å². The van der Waals surface area contributed by atoms with Gasteiger partial charge in [-0.2, -0.15) is 0 Å². The molecule has 2 aromatic rings. The van der Waals surface area contributed by atoms with Crippen molar-refractivity contribution in [2.45, 2.75) is 38.6 Å². The SMILES string of the molecule is O=C(CN1C(=O)[C@H]2CCCC[C@H]2C1=O)OCC(=O)N(CCc1ccccc1)Cc1ccccc1. The van der Waals surface area contributed by atoms with Crippen molar-refractivity contribution in [2.24, 2.45) is 11.8 Å². The lowest BCUT2D eigenvalue weighted by atomic mass is 9.81. The molecule has 2 fully saturated rings. The van der Waals surface area contributed by atoms with E-state index < -0.39 is 19.1 Å². The van der Waals surface area contributed by atoms with Crippen LogP contribution >= 0.6 is 0 Å². The van der Waals surface area contributed by atoms with E-state index in [9.17, 15) is 19.2 Å². The predicted octanol–water partition coefficient (Wildman–Crippen LogP) is 2.98. The number of hydrogen-bond donors (Lipinski definition) is 0. The minimum absolute atomic E-state index is 0.286. The van der Waals surface area contributed by atoms with Gasteiger partial charge in [-0.3, -0.25) is 24.1 Å². The van der Waals surface area contributed by atoms with Crippen LogP contribution in [0.3, 0.4) is 0 Å². The topological polar surface area (TPSA) is 84.0 Å². The Bertz CT molecular complexity index is 1000. The Labute approximate surface area is 199 Å². The summed E-state index contributed by atoms with van der Waals surface area (Å²) in [5, 5.41) is 0. The van der Waals surface area contributed by atoms with Crippen molar-refractivity contribution >= 4 is 23.7 Å². The highest BCUT2D eigenvalue weighted by Crippen LogP contribution is 2.37. The van der Waals surface area contributed by atoms with Crippen molar-refractivity contribution in [2.75, 3.05) is 19.7 Å². The lowest BCUT2D eigenvalue weighted by molar-refractivity contribution is -0.156. The third kappa shape index (κ3) is 5.71. The molecule has 7 heteroatoms. The molecular formula is C27H30N2O5.